The van der Waals surface area contributed by atoms with Crippen LogP contribution in [0, 0.1) is 0 Å². The Hall–Kier alpha value is -3.65. The van der Waals surface area contributed by atoms with Gasteiger partial charge in [0.1, 0.15) is 5.69 Å². The molecule has 3 aromatic rings. The van der Waals surface area contributed by atoms with Crippen LogP contribution in [0.15, 0.2) is 48.5 Å². The Kier molecular flexibility index (Phi) is 4.96. The van der Waals surface area contributed by atoms with E-state index in [1.807, 2.05) is 24.3 Å². The quantitative estimate of drug-likeness (QED) is 0.601. The highest BCUT2D eigenvalue weighted by Gasteiger charge is 2.56. The van der Waals surface area contributed by atoms with Gasteiger partial charge in [-0.05, 0) is 74.2 Å². The normalized spacial score (nSPS) is 18.7. The fourth-order valence-electron chi connectivity index (χ4n) is 5.30. The summed E-state index contributed by atoms with van der Waals surface area (Å²) in [5, 5.41) is 5.06. The van der Waals surface area contributed by atoms with Crippen LogP contribution in [-0.4, -0.2) is 40.6 Å². The largest absolute Gasteiger partial charge is 0.364 e. The summed E-state index contributed by atoms with van der Waals surface area (Å²) >= 11 is 6.06. The van der Waals surface area contributed by atoms with Crippen LogP contribution < -0.4 is 15.5 Å². The van der Waals surface area contributed by atoms with E-state index in [9.17, 15) is 14.4 Å². The number of anilines is 2. The first-order valence-corrected chi connectivity index (χ1v) is 12.2. The molecule has 0 radical (unpaired) electrons. The molecule has 1 spiro atoms. The summed E-state index contributed by atoms with van der Waals surface area (Å²) in [7, 11) is 0. The number of nitrogens with zero attached hydrogens (tertiary/aromatic N) is 4. The first-order chi connectivity index (χ1) is 16.9. The molecule has 3 aliphatic rings. The summed E-state index contributed by atoms with van der Waals surface area (Å²) in [4.78, 5) is 42.1. The molecule has 2 N–H and O–H groups in total. The van der Waals surface area contributed by atoms with E-state index in [1.165, 1.54) is 4.68 Å². The van der Waals surface area contributed by atoms with Crippen LogP contribution in [-0.2, 0) is 10.2 Å². The third-order valence-corrected chi connectivity index (χ3v) is 7.53. The molecule has 178 valence electrons. The summed E-state index contributed by atoms with van der Waals surface area (Å²) in [6.07, 6.45) is 4.16. The maximum absolute atomic E-state index is 13.9. The number of hydrogen-bond acceptors (Lipinski definition) is 4. The zero-order valence-corrected chi connectivity index (χ0v) is 19.8. The third kappa shape index (κ3) is 3.51. The van der Waals surface area contributed by atoms with Crippen molar-refractivity contribution in [2.45, 2.75) is 37.5 Å². The van der Waals surface area contributed by atoms with Crippen molar-refractivity contribution >= 4 is 40.7 Å². The van der Waals surface area contributed by atoms with Gasteiger partial charge < -0.3 is 15.5 Å². The SMILES string of the molecule is NC(=O)c1nn(-c2ccc(Cl)cc2)c2c1C1(CC1)CN(c1ccc(N3CCCCC3=O)cc1)C2=O. The van der Waals surface area contributed by atoms with Crippen molar-refractivity contribution in [1.29, 1.82) is 0 Å². The Labute approximate surface area is 207 Å². The number of amides is 3. The van der Waals surface area contributed by atoms with E-state index in [4.69, 9.17) is 17.3 Å². The monoisotopic (exact) mass is 489 g/mol. The van der Waals surface area contributed by atoms with Crippen LogP contribution >= 0.6 is 11.6 Å². The summed E-state index contributed by atoms with van der Waals surface area (Å²) in [5.74, 6) is -0.753. The molecule has 2 aromatic carbocycles. The second-order valence-electron chi connectivity index (χ2n) is 9.52. The number of halogens is 1. The molecule has 8 nitrogen and oxygen atoms in total. The molecule has 3 heterocycles. The van der Waals surface area contributed by atoms with Crippen molar-refractivity contribution < 1.29 is 14.4 Å². The molecular formula is C26H24ClN5O3. The summed E-state index contributed by atoms with van der Waals surface area (Å²) in [6, 6.07) is 14.5. The lowest BCUT2D eigenvalue weighted by Crippen LogP contribution is -2.45. The lowest BCUT2D eigenvalue weighted by Gasteiger charge is -2.34. The Morgan fingerprint density at radius 2 is 1.54 bits per heavy atom. The molecule has 0 bridgehead atoms. The van der Waals surface area contributed by atoms with Gasteiger partial charge >= 0.3 is 0 Å². The van der Waals surface area contributed by atoms with Crippen LogP contribution in [0.4, 0.5) is 11.4 Å². The van der Waals surface area contributed by atoms with Crippen LogP contribution in [0.2, 0.25) is 5.02 Å². The van der Waals surface area contributed by atoms with Crippen molar-refractivity contribution in [3.63, 3.8) is 0 Å². The van der Waals surface area contributed by atoms with E-state index in [0.29, 0.717) is 41.5 Å². The van der Waals surface area contributed by atoms with Gasteiger partial charge in [0.05, 0.1) is 5.69 Å². The number of primary amides is 1. The number of aromatic nitrogens is 2. The van der Waals surface area contributed by atoms with Crippen LogP contribution in [0.1, 0.15) is 58.6 Å². The number of fused-ring (bicyclic) bond motifs is 2. The molecule has 2 fully saturated rings. The lowest BCUT2D eigenvalue weighted by molar-refractivity contribution is -0.119. The highest BCUT2D eigenvalue weighted by atomic mass is 35.5. The van der Waals surface area contributed by atoms with E-state index in [-0.39, 0.29) is 22.9 Å². The number of piperidine rings is 1. The molecule has 0 unspecified atom stereocenters. The number of benzene rings is 2. The van der Waals surface area contributed by atoms with Gasteiger partial charge in [0, 0.05) is 46.9 Å². The zero-order chi connectivity index (χ0) is 24.3. The van der Waals surface area contributed by atoms with Crippen molar-refractivity contribution in [2.75, 3.05) is 22.9 Å². The summed E-state index contributed by atoms with van der Waals surface area (Å²) in [5.41, 5.74) is 8.72. The highest BCUT2D eigenvalue weighted by Crippen LogP contribution is 2.54. The number of rotatable bonds is 4. The Morgan fingerprint density at radius 3 is 2.14 bits per heavy atom. The molecule has 1 aliphatic carbocycles. The molecule has 9 heteroatoms. The van der Waals surface area contributed by atoms with Crippen LogP contribution in [0.25, 0.3) is 5.69 Å². The minimum Gasteiger partial charge on any atom is -0.364 e. The fraction of sp³-hybridized carbons (Fsp3) is 0.308. The van der Waals surface area contributed by atoms with Gasteiger partial charge in [0.2, 0.25) is 5.91 Å². The molecule has 35 heavy (non-hydrogen) atoms. The Bertz CT molecular complexity index is 1360. The van der Waals surface area contributed by atoms with E-state index < -0.39 is 5.91 Å². The van der Waals surface area contributed by atoms with Crippen molar-refractivity contribution in [3.05, 3.63) is 70.5 Å². The standard InChI is InChI=1S/C26H24ClN5O3/c27-16-4-6-19(7-5-16)32-23-21(22(29-32)24(28)34)26(12-13-26)15-31(25(23)35)18-10-8-17(9-11-18)30-14-2-1-3-20(30)33/h4-11H,1-3,12-15H2,(H2,28,34). The van der Waals surface area contributed by atoms with Crippen molar-refractivity contribution in [1.82, 2.24) is 9.78 Å². The first kappa shape index (κ1) is 21.9. The topological polar surface area (TPSA) is 102 Å². The van der Waals surface area contributed by atoms with E-state index >= 15 is 0 Å². The summed E-state index contributed by atoms with van der Waals surface area (Å²) < 4.78 is 1.51. The number of nitrogens with two attached hydrogens (primary N) is 1. The van der Waals surface area contributed by atoms with E-state index in [2.05, 4.69) is 5.10 Å². The molecule has 1 saturated heterocycles. The molecule has 6 rings (SSSR count). The van der Waals surface area contributed by atoms with Crippen LogP contribution in [0.5, 0.6) is 0 Å². The third-order valence-electron chi connectivity index (χ3n) is 7.28. The number of hydrogen-bond donors (Lipinski definition) is 1. The van der Waals surface area contributed by atoms with Gasteiger partial charge in [-0.15, -0.1) is 0 Å². The Morgan fingerprint density at radius 1 is 0.914 bits per heavy atom. The average molecular weight is 490 g/mol. The lowest BCUT2D eigenvalue weighted by atomic mass is 9.88. The maximum Gasteiger partial charge on any atom is 0.277 e. The predicted octanol–water partition coefficient (Wildman–Crippen LogP) is 3.83. The van der Waals surface area contributed by atoms with Gasteiger partial charge in [0.25, 0.3) is 11.8 Å². The van der Waals surface area contributed by atoms with E-state index in [1.54, 1.807) is 34.1 Å². The molecule has 1 saturated carbocycles. The fourth-order valence-corrected chi connectivity index (χ4v) is 5.43. The molecule has 2 aliphatic heterocycles. The smallest absolute Gasteiger partial charge is 0.277 e. The van der Waals surface area contributed by atoms with Gasteiger partial charge in [-0.25, -0.2) is 4.68 Å². The van der Waals surface area contributed by atoms with Gasteiger partial charge in [-0.2, -0.15) is 5.10 Å². The van der Waals surface area contributed by atoms with Gasteiger partial charge in [-0.1, -0.05) is 11.6 Å². The minimum absolute atomic E-state index is 0.130. The number of carbonyl (C=O) groups excluding carboxylic acids is 3. The zero-order valence-electron chi connectivity index (χ0n) is 19.0. The predicted molar refractivity (Wildman–Crippen MR) is 132 cm³/mol. The highest BCUT2D eigenvalue weighted by molar-refractivity contribution is 6.30. The molecule has 0 atom stereocenters. The second kappa shape index (κ2) is 7.95. The van der Waals surface area contributed by atoms with Gasteiger partial charge in [-0.3, -0.25) is 14.4 Å². The average Bonchev–Trinajstić information content (AvgIpc) is 3.50. The summed E-state index contributed by atoms with van der Waals surface area (Å²) in [6.45, 7) is 1.16. The minimum atomic E-state index is -0.642. The van der Waals surface area contributed by atoms with Crippen LogP contribution in [0.3, 0.4) is 0 Å². The second-order valence-corrected chi connectivity index (χ2v) is 9.95. The van der Waals surface area contributed by atoms with Crippen molar-refractivity contribution in [2.24, 2.45) is 5.73 Å². The van der Waals surface area contributed by atoms with Gasteiger partial charge in [0.15, 0.2) is 5.69 Å². The molecule has 1 aromatic heterocycles. The van der Waals surface area contributed by atoms with E-state index in [0.717, 1.165) is 37.1 Å². The molecule has 3 amide bonds. The molecular weight excluding hydrogens is 466 g/mol. The number of carbonyl (C=O) groups is 3. The maximum atomic E-state index is 13.9. The van der Waals surface area contributed by atoms with Crippen molar-refractivity contribution in [3.8, 4) is 5.69 Å². The Balaban J connectivity index is 1.42. The first-order valence-electron chi connectivity index (χ1n) is 11.8.